The monoisotopic (exact) mass is 278 g/mol. The van der Waals surface area contributed by atoms with Gasteiger partial charge in [0.15, 0.2) is 11.6 Å². The van der Waals surface area contributed by atoms with Gasteiger partial charge in [0.25, 0.3) is 0 Å². The van der Waals surface area contributed by atoms with Crippen LogP contribution >= 0.6 is 0 Å². The third-order valence-electron chi connectivity index (χ3n) is 2.80. The summed E-state index contributed by atoms with van der Waals surface area (Å²) in [7, 11) is 0. The van der Waals surface area contributed by atoms with Crippen molar-refractivity contribution in [3.63, 3.8) is 0 Å². The molecule has 0 aromatic heterocycles. The average molecular weight is 278 g/mol. The number of nitrogen functional groups attached to an aromatic ring is 1. The zero-order valence-electron chi connectivity index (χ0n) is 11.1. The summed E-state index contributed by atoms with van der Waals surface area (Å²) in [6.07, 6.45) is 0. The molecule has 0 aliphatic carbocycles. The van der Waals surface area contributed by atoms with E-state index in [1.165, 1.54) is 24.3 Å². The number of hydrogen-bond acceptors (Lipinski definition) is 3. The Morgan fingerprint density at radius 1 is 1.15 bits per heavy atom. The minimum atomic E-state index is -0.489. The Balaban J connectivity index is 2.12. The highest BCUT2D eigenvalue weighted by atomic mass is 19.1. The highest BCUT2D eigenvalue weighted by Gasteiger charge is 2.08. The van der Waals surface area contributed by atoms with Crippen LogP contribution in [0.1, 0.15) is 12.5 Å². The summed E-state index contributed by atoms with van der Waals surface area (Å²) >= 11 is 0. The Morgan fingerprint density at radius 3 is 2.50 bits per heavy atom. The summed E-state index contributed by atoms with van der Waals surface area (Å²) in [5.41, 5.74) is 7.53. The SMILES string of the molecule is CCOc1cc(NCc2ccc(F)cc2)c(N)cc1F. The van der Waals surface area contributed by atoms with Gasteiger partial charge in [0.05, 0.1) is 18.0 Å². The van der Waals surface area contributed by atoms with Gasteiger partial charge in [0.1, 0.15) is 5.82 Å². The van der Waals surface area contributed by atoms with Crippen LogP contribution in [-0.4, -0.2) is 6.61 Å². The third kappa shape index (κ3) is 3.38. The molecule has 2 aromatic carbocycles. The van der Waals surface area contributed by atoms with Crippen molar-refractivity contribution in [1.29, 1.82) is 0 Å². The minimum Gasteiger partial charge on any atom is -0.491 e. The van der Waals surface area contributed by atoms with Gasteiger partial charge in [0.2, 0.25) is 0 Å². The van der Waals surface area contributed by atoms with E-state index in [1.807, 2.05) is 0 Å². The fourth-order valence-electron chi connectivity index (χ4n) is 1.79. The number of anilines is 2. The van der Waals surface area contributed by atoms with Crippen molar-refractivity contribution in [3.05, 3.63) is 53.6 Å². The van der Waals surface area contributed by atoms with E-state index in [4.69, 9.17) is 10.5 Å². The van der Waals surface area contributed by atoms with Crippen molar-refractivity contribution in [3.8, 4) is 5.75 Å². The molecule has 106 valence electrons. The Morgan fingerprint density at radius 2 is 1.85 bits per heavy atom. The molecule has 20 heavy (non-hydrogen) atoms. The van der Waals surface area contributed by atoms with E-state index in [9.17, 15) is 8.78 Å². The Hall–Kier alpha value is -2.30. The number of rotatable bonds is 5. The average Bonchev–Trinajstić information content (AvgIpc) is 2.42. The predicted octanol–water partition coefficient (Wildman–Crippen LogP) is 3.56. The molecule has 2 rings (SSSR count). The topological polar surface area (TPSA) is 47.3 Å². The summed E-state index contributed by atoms with van der Waals surface area (Å²) in [6, 6.07) is 8.86. The summed E-state index contributed by atoms with van der Waals surface area (Å²) < 4.78 is 31.5. The van der Waals surface area contributed by atoms with Crippen LogP contribution in [0.2, 0.25) is 0 Å². The molecule has 0 aliphatic heterocycles. The van der Waals surface area contributed by atoms with Crippen molar-refractivity contribution in [1.82, 2.24) is 0 Å². The molecular weight excluding hydrogens is 262 g/mol. The molecule has 3 N–H and O–H groups in total. The lowest BCUT2D eigenvalue weighted by atomic mass is 10.2. The maximum absolute atomic E-state index is 13.6. The normalized spacial score (nSPS) is 10.3. The molecule has 0 fully saturated rings. The van der Waals surface area contributed by atoms with Crippen LogP contribution in [0.4, 0.5) is 20.2 Å². The molecular formula is C15H16F2N2O. The zero-order valence-corrected chi connectivity index (χ0v) is 11.1. The minimum absolute atomic E-state index is 0.156. The van der Waals surface area contributed by atoms with Gasteiger partial charge in [-0.15, -0.1) is 0 Å². The number of ether oxygens (including phenoxy) is 1. The first kappa shape index (κ1) is 14.1. The molecule has 0 radical (unpaired) electrons. The van der Waals surface area contributed by atoms with E-state index in [1.54, 1.807) is 19.1 Å². The summed E-state index contributed by atoms with van der Waals surface area (Å²) in [5.74, 6) is -0.617. The Kier molecular flexibility index (Phi) is 4.40. The zero-order chi connectivity index (χ0) is 14.5. The summed E-state index contributed by atoms with van der Waals surface area (Å²) in [6.45, 7) is 2.61. The van der Waals surface area contributed by atoms with Gasteiger partial charge in [-0.1, -0.05) is 12.1 Å². The number of nitrogens with two attached hydrogens (primary N) is 1. The fraction of sp³-hybridized carbons (Fsp3) is 0.200. The maximum Gasteiger partial charge on any atom is 0.167 e. The van der Waals surface area contributed by atoms with Crippen molar-refractivity contribution >= 4 is 11.4 Å². The van der Waals surface area contributed by atoms with E-state index >= 15 is 0 Å². The van der Waals surface area contributed by atoms with Gasteiger partial charge in [-0.25, -0.2) is 8.78 Å². The fourth-order valence-corrected chi connectivity index (χ4v) is 1.79. The number of hydrogen-bond donors (Lipinski definition) is 2. The van der Waals surface area contributed by atoms with Gasteiger partial charge in [0, 0.05) is 18.7 Å². The second-order valence-electron chi connectivity index (χ2n) is 4.28. The molecule has 0 unspecified atom stereocenters. The molecule has 2 aromatic rings. The first-order chi connectivity index (χ1) is 9.60. The largest absolute Gasteiger partial charge is 0.491 e. The lowest BCUT2D eigenvalue weighted by Crippen LogP contribution is -2.04. The quantitative estimate of drug-likeness (QED) is 0.822. The van der Waals surface area contributed by atoms with Crippen LogP contribution in [-0.2, 0) is 6.54 Å². The highest BCUT2D eigenvalue weighted by Crippen LogP contribution is 2.28. The van der Waals surface area contributed by atoms with Crippen LogP contribution in [0.25, 0.3) is 0 Å². The number of nitrogens with one attached hydrogen (secondary N) is 1. The molecule has 0 saturated carbocycles. The van der Waals surface area contributed by atoms with Crippen molar-refractivity contribution in [2.24, 2.45) is 0 Å². The van der Waals surface area contributed by atoms with Crippen LogP contribution < -0.4 is 15.8 Å². The lowest BCUT2D eigenvalue weighted by Gasteiger charge is -2.12. The van der Waals surface area contributed by atoms with Gasteiger partial charge in [-0.2, -0.15) is 0 Å². The smallest absolute Gasteiger partial charge is 0.167 e. The van der Waals surface area contributed by atoms with Crippen molar-refractivity contribution in [2.75, 3.05) is 17.7 Å². The summed E-state index contributed by atoms with van der Waals surface area (Å²) in [5, 5.41) is 3.08. The molecule has 0 bridgehead atoms. The van der Waals surface area contributed by atoms with Crippen molar-refractivity contribution in [2.45, 2.75) is 13.5 Å². The molecule has 0 amide bonds. The molecule has 0 spiro atoms. The molecule has 0 saturated heterocycles. The molecule has 0 heterocycles. The molecule has 0 atom stereocenters. The van der Waals surface area contributed by atoms with E-state index in [0.717, 1.165) is 5.56 Å². The van der Waals surface area contributed by atoms with Crippen LogP contribution in [0, 0.1) is 11.6 Å². The predicted molar refractivity (Wildman–Crippen MR) is 75.7 cm³/mol. The maximum atomic E-state index is 13.6. The Labute approximate surface area is 116 Å². The van der Waals surface area contributed by atoms with Gasteiger partial charge in [-0.05, 0) is 24.6 Å². The van der Waals surface area contributed by atoms with E-state index in [-0.39, 0.29) is 11.6 Å². The van der Waals surface area contributed by atoms with E-state index in [2.05, 4.69) is 5.32 Å². The highest BCUT2D eigenvalue weighted by molar-refractivity contribution is 5.68. The first-order valence-corrected chi connectivity index (χ1v) is 6.30. The van der Waals surface area contributed by atoms with Crippen LogP contribution in [0.5, 0.6) is 5.75 Å². The van der Waals surface area contributed by atoms with E-state index in [0.29, 0.717) is 24.5 Å². The molecule has 3 nitrogen and oxygen atoms in total. The van der Waals surface area contributed by atoms with Gasteiger partial charge in [-0.3, -0.25) is 0 Å². The second-order valence-corrected chi connectivity index (χ2v) is 4.28. The van der Waals surface area contributed by atoms with Gasteiger partial charge >= 0.3 is 0 Å². The molecule has 0 aliphatic rings. The molecule has 5 heteroatoms. The van der Waals surface area contributed by atoms with E-state index < -0.39 is 5.82 Å². The summed E-state index contributed by atoms with van der Waals surface area (Å²) in [4.78, 5) is 0. The van der Waals surface area contributed by atoms with Crippen LogP contribution in [0.15, 0.2) is 36.4 Å². The second kappa shape index (κ2) is 6.23. The number of benzene rings is 2. The van der Waals surface area contributed by atoms with Crippen LogP contribution in [0.3, 0.4) is 0 Å². The van der Waals surface area contributed by atoms with Crippen molar-refractivity contribution < 1.29 is 13.5 Å². The number of halogens is 2. The Bertz CT molecular complexity index is 585. The standard InChI is InChI=1S/C15H16F2N2O/c1-2-20-15-8-14(13(18)7-12(15)17)19-9-10-3-5-11(16)6-4-10/h3-8,19H,2,9,18H2,1H3. The third-order valence-corrected chi connectivity index (χ3v) is 2.80. The lowest BCUT2D eigenvalue weighted by molar-refractivity contribution is 0.322. The first-order valence-electron chi connectivity index (χ1n) is 6.30. The van der Waals surface area contributed by atoms with Gasteiger partial charge < -0.3 is 15.8 Å².